The molecule has 0 aromatic carbocycles. The molecule has 0 aliphatic carbocycles. The highest BCUT2D eigenvalue weighted by molar-refractivity contribution is 4.83. The van der Waals surface area contributed by atoms with E-state index in [0.29, 0.717) is 6.04 Å². The summed E-state index contributed by atoms with van der Waals surface area (Å²) in [5, 5.41) is 1.99. The Morgan fingerprint density at radius 1 is 1.00 bits per heavy atom. The van der Waals surface area contributed by atoms with E-state index in [-0.39, 0.29) is 0 Å². The van der Waals surface area contributed by atoms with Gasteiger partial charge < -0.3 is 5.43 Å². The highest BCUT2D eigenvalue weighted by Gasteiger charge is 2.04. The summed E-state index contributed by atoms with van der Waals surface area (Å²) < 4.78 is 0. The first kappa shape index (κ1) is 15.8. The van der Waals surface area contributed by atoms with Gasteiger partial charge in [-0.25, -0.2) is 0 Å². The molecular formula is C11H27N3. The monoisotopic (exact) mass is 201 g/mol. The molecule has 1 heterocycles. The van der Waals surface area contributed by atoms with Crippen LogP contribution in [0.5, 0.6) is 0 Å². The van der Waals surface area contributed by atoms with Crippen LogP contribution >= 0.6 is 0 Å². The van der Waals surface area contributed by atoms with Crippen LogP contribution < -0.4 is 11.0 Å². The molecule has 1 aliphatic rings. The maximum atomic E-state index is 2.93. The van der Waals surface area contributed by atoms with Crippen molar-refractivity contribution in [1.82, 2.24) is 16.0 Å². The lowest BCUT2D eigenvalue weighted by molar-refractivity contribution is 0.222. The zero-order chi connectivity index (χ0) is 11.6. The zero-order valence-corrected chi connectivity index (χ0v) is 10.8. The van der Waals surface area contributed by atoms with Crippen LogP contribution in [0.1, 0.15) is 48.5 Å². The van der Waals surface area contributed by atoms with Crippen molar-refractivity contribution in [2.75, 3.05) is 0 Å². The van der Waals surface area contributed by atoms with Gasteiger partial charge >= 0.3 is 0 Å². The molecule has 0 radical (unpaired) electrons. The molecule has 0 saturated carbocycles. The molecule has 1 rings (SSSR count). The second-order valence-corrected chi connectivity index (χ2v) is 3.80. The summed E-state index contributed by atoms with van der Waals surface area (Å²) in [6.45, 7) is 14.7. The Balaban J connectivity index is 0. The van der Waals surface area contributed by atoms with Crippen molar-refractivity contribution in [2.24, 2.45) is 5.92 Å². The summed E-state index contributed by atoms with van der Waals surface area (Å²) in [4.78, 5) is 0. The van der Waals surface area contributed by atoms with Crippen molar-refractivity contribution in [3.63, 3.8) is 0 Å². The van der Waals surface area contributed by atoms with E-state index in [9.17, 15) is 0 Å². The average molecular weight is 201 g/mol. The number of hydrogen-bond donors (Lipinski definition) is 2. The predicted octanol–water partition coefficient (Wildman–Crippen LogP) is 2.88. The molecule has 0 saturated heterocycles. The fourth-order valence-electron chi connectivity index (χ4n) is 0.568. The number of nitrogens with zero attached hydrogens (tertiary/aromatic N) is 1. The molecule has 0 unspecified atom stereocenters. The van der Waals surface area contributed by atoms with Gasteiger partial charge in [-0.3, -0.25) is 5.01 Å². The Morgan fingerprint density at radius 2 is 1.43 bits per heavy atom. The highest BCUT2D eigenvalue weighted by Crippen LogP contribution is 1.95. The molecule has 86 valence electrons. The maximum absolute atomic E-state index is 2.93. The number of hydrogen-bond acceptors (Lipinski definition) is 3. The van der Waals surface area contributed by atoms with Gasteiger partial charge in [-0.05, 0) is 19.8 Å². The van der Waals surface area contributed by atoms with Gasteiger partial charge in [0.25, 0.3) is 0 Å². The van der Waals surface area contributed by atoms with Gasteiger partial charge in [-0.15, -0.1) is 5.53 Å². The molecule has 0 amide bonds. The second-order valence-electron chi connectivity index (χ2n) is 3.80. The smallest absolute Gasteiger partial charge is 0.0410 e. The van der Waals surface area contributed by atoms with Crippen LogP contribution in [0.2, 0.25) is 0 Å². The molecule has 0 spiro atoms. The van der Waals surface area contributed by atoms with Crippen molar-refractivity contribution >= 4 is 0 Å². The van der Waals surface area contributed by atoms with E-state index in [1.165, 1.54) is 0 Å². The molecule has 0 aromatic rings. The summed E-state index contributed by atoms with van der Waals surface area (Å²) in [6, 6.07) is 0.515. The first-order valence-electron chi connectivity index (χ1n) is 5.50. The van der Waals surface area contributed by atoms with E-state index in [1.807, 2.05) is 31.3 Å². The fourth-order valence-corrected chi connectivity index (χ4v) is 0.568. The van der Waals surface area contributed by atoms with Crippen molar-refractivity contribution in [2.45, 2.75) is 54.5 Å². The van der Waals surface area contributed by atoms with Gasteiger partial charge in [0.2, 0.25) is 0 Å². The Morgan fingerprint density at radius 3 is 1.57 bits per heavy atom. The third-order valence-electron chi connectivity index (χ3n) is 1.07. The molecule has 14 heavy (non-hydrogen) atoms. The van der Waals surface area contributed by atoms with Gasteiger partial charge in [0.1, 0.15) is 0 Å². The lowest BCUT2D eigenvalue weighted by Gasteiger charge is -2.18. The average Bonchev–Trinajstić information content (AvgIpc) is 2.58. The van der Waals surface area contributed by atoms with Crippen molar-refractivity contribution in [1.29, 1.82) is 0 Å². The van der Waals surface area contributed by atoms with E-state index in [0.717, 1.165) is 5.92 Å². The topological polar surface area (TPSA) is 27.3 Å². The first-order chi connectivity index (χ1) is 6.54. The minimum atomic E-state index is 0.515. The van der Waals surface area contributed by atoms with Crippen LogP contribution in [-0.4, -0.2) is 11.1 Å². The van der Waals surface area contributed by atoms with E-state index in [2.05, 4.69) is 45.6 Å². The quantitative estimate of drug-likeness (QED) is 0.683. The van der Waals surface area contributed by atoms with E-state index >= 15 is 0 Å². The van der Waals surface area contributed by atoms with Gasteiger partial charge in [0.05, 0.1) is 0 Å². The van der Waals surface area contributed by atoms with Crippen LogP contribution in [-0.2, 0) is 0 Å². The largest absolute Gasteiger partial charge is 0.310 e. The Kier molecular flexibility index (Phi) is 11.7. The molecule has 0 fully saturated rings. The molecule has 0 bridgehead atoms. The normalized spacial score (nSPS) is 13.1. The van der Waals surface area contributed by atoms with Gasteiger partial charge in [0.15, 0.2) is 0 Å². The van der Waals surface area contributed by atoms with E-state index in [4.69, 9.17) is 0 Å². The van der Waals surface area contributed by atoms with Crippen LogP contribution in [0.15, 0.2) is 12.4 Å². The van der Waals surface area contributed by atoms with Gasteiger partial charge in [-0.2, -0.15) is 0 Å². The first-order valence-corrected chi connectivity index (χ1v) is 5.50. The summed E-state index contributed by atoms with van der Waals surface area (Å²) in [5.74, 6) is 0.833. The molecule has 1 aliphatic heterocycles. The van der Waals surface area contributed by atoms with Crippen molar-refractivity contribution in [3.05, 3.63) is 12.4 Å². The van der Waals surface area contributed by atoms with Crippen molar-refractivity contribution < 1.29 is 0 Å². The predicted molar refractivity (Wildman–Crippen MR) is 64.2 cm³/mol. The SMILES string of the molecule is CC.CC(C)C.CC(C)N1C=CNN1. The summed E-state index contributed by atoms with van der Waals surface area (Å²) in [5.41, 5.74) is 5.78. The molecule has 2 N–H and O–H groups in total. The zero-order valence-electron chi connectivity index (χ0n) is 10.8. The molecular weight excluding hydrogens is 174 g/mol. The molecule has 3 nitrogen and oxygen atoms in total. The lowest BCUT2D eigenvalue weighted by atomic mass is 10.3. The summed E-state index contributed by atoms with van der Waals surface area (Å²) in [6.07, 6.45) is 3.82. The third kappa shape index (κ3) is 11.3. The fraction of sp³-hybridized carbons (Fsp3) is 0.818. The second kappa shape index (κ2) is 10.4. The third-order valence-corrected chi connectivity index (χ3v) is 1.07. The minimum absolute atomic E-state index is 0.515. The minimum Gasteiger partial charge on any atom is -0.310 e. The standard InChI is InChI=1S/C5H11N3.C4H10.C2H6/c1-5(2)8-4-3-6-7-8;1-4(2)3;1-2/h3-7H,1-2H3;4H,1-3H3;1-2H3. The lowest BCUT2D eigenvalue weighted by Crippen LogP contribution is -2.39. The Bertz CT molecular complexity index is 128. The van der Waals surface area contributed by atoms with E-state index in [1.54, 1.807) is 0 Å². The van der Waals surface area contributed by atoms with Crippen LogP contribution in [0.25, 0.3) is 0 Å². The summed E-state index contributed by atoms with van der Waals surface area (Å²) >= 11 is 0. The Labute approximate surface area is 89.5 Å². The van der Waals surface area contributed by atoms with E-state index < -0.39 is 0 Å². The van der Waals surface area contributed by atoms with Crippen LogP contribution in [0.4, 0.5) is 0 Å². The molecule has 3 heteroatoms. The van der Waals surface area contributed by atoms with Crippen molar-refractivity contribution in [3.8, 4) is 0 Å². The summed E-state index contributed by atoms with van der Waals surface area (Å²) in [7, 11) is 0. The molecule has 0 aromatic heterocycles. The van der Waals surface area contributed by atoms with Crippen LogP contribution in [0, 0.1) is 5.92 Å². The van der Waals surface area contributed by atoms with Gasteiger partial charge in [0, 0.05) is 18.4 Å². The number of nitrogens with one attached hydrogen (secondary N) is 2. The highest BCUT2D eigenvalue weighted by atomic mass is 15.7. The maximum Gasteiger partial charge on any atom is 0.0410 e. The number of rotatable bonds is 1. The van der Waals surface area contributed by atoms with Gasteiger partial charge in [-0.1, -0.05) is 34.6 Å². The Hall–Kier alpha value is -0.700. The van der Waals surface area contributed by atoms with Crippen LogP contribution in [0.3, 0.4) is 0 Å². The molecule has 0 atom stereocenters. The number of hydrazine groups is 2.